The summed E-state index contributed by atoms with van der Waals surface area (Å²) in [5.41, 5.74) is 3.42. The summed E-state index contributed by atoms with van der Waals surface area (Å²) >= 11 is 5.30. The zero-order valence-corrected chi connectivity index (χ0v) is 7.49. The maximum absolute atomic E-state index is 13.0. The molecule has 0 atom stereocenters. The third-order valence-electron chi connectivity index (χ3n) is 1.50. The topological polar surface area (TPSA) is 43.1 Å². The van der Waals surface area contributed by atoms with Crippen molar-refractivity contribution in [3.63, 3.8) is 0 Å². The molecule has 1 aromatic carbocycles. The maximum Gasteiger partial charge on any atom is 0.364 e. The van der Waals surface area contributed by atoms with Gasteiger partial charge in [-0.25, -0.2) is 4.39 Å². The Balaban J connectivity index is 3.21. The Morgan fingerprint density at radius 3 is 2.50 bits per heavy atom. The second-order valence-corrected chi connectivity index (χ2v) is 2.96. The van der Waals surface area contributed by atoms with Crippen molar-refractivity contribution in [3.05, 3.63) is 34.6 Å². The molecule has 0 aliphatic rings. The van der Waals surface area contributed by atoms with Crippen molar-refractivity contribution < 1.29 is 18.0 Å². The zero-order chi connectivity index (χ0) is 10.9. The number of hydrogen-bond acceptors (Lipinski definition) is 2. The lowest BCUT2D eigenvalue weighted by Gasteiger charge is -2.09. The highest BCUT2D eigenvalue weighted by Crippen LogP contribution is 2.22. The van der Waals surface area contributed by atoms with Crippen LogP contribution in [0.5, 0.6) is 0 Å². The molecule has 0 bridgehead atoms. The molecule has 0 aromatic heterocycles. The van der Waals surface area contributed by atoms with Crippen LogP contribution < -0.4 is 5.73 Å². The molecule has 2 nitrogen and oxygen atoms in total. The van der Waals surface area contributed by atoms with E-state index in [9.17, 15) is 18.0 Å². The smallest absolute Gasteiger partial charge is 0.286 e. The molecule has 76 valence electrons. The van der Waals surface area contributed by atoms with E-state index in [1.54, 1.807) is 0 Å². The predicted octanol–water partition coefficient (Wildman–Crippen LogP) is 2.21. The summed E-state index contributed by atoms with van der Waals surface area (Å²) in [5, 5.41) is -0.403. The Hall–Kier alpha value is -1.07. The van der Waals surface area contributed by atoms with E-state index < -0.39 is 28.2 Å². The van der Waals surface area contributed by atoms with Gasteiger partial charge in [-0.1, -0.05) is 17.7 Å². The number of carbonyl (C=O) groups is 1. The van der Waals surface area contributed by atoms with E-state index in [0.717, 1.165) is 12.1 Å². The number of hydrogen-bond donors (Lipinski definition) is 1. The predicted molar refractivity (Wildman–Crippen MR) is 44.9 cm³/mol. The Kier molecular flexibility index (Phi) is 2.82. The standard InChI is InChI=1S/C8H5ClF3NO/c9-5-3-1-2-4(6(5)10)7(14)8(11,12)13/h1-3H,13H2. The average Bonchev–Trinajstić information content (AvgIpc) is 2.07. The lowest BCUT2D eigenvalue weighted by atomic mass is 10.1. The average molecular weight is 224 g/mol. The number of alkyl halides is 2. The molecule has 0 unspecified atom stereocenters. The van der Waals surface area contributed by atoms with Crippen LogP contribution in [0.4, 0.5) is 13.2 Å². The van der Waals surface area contributed by atoms with E-state index in [-0.39, 0.29) is 0 Å². The lowest BCUT2D eigenvalue weighted by Crippen LogP contribution is -2.38. The minimum atomic E-state index is -4.09. The lowest BCUT2D eigenvalue weighted by molar-refractivity contribution is 0.0141. The van der Waals surface area contributed by atoms with Crippen LogP contribution in [0.25, 0.3) is 0 Å². The number of benzene rings is 1. The fraction of sp³-hybridized carbons (Fsp3) is 0.125. The van der Waals surface area contributed by atoms with Crippen molar-refractivity contribution in [3.8, 4) is 0 Å². The Bertz CT molecular complexity index is 375. The molecule has 0 radical (unpaired) electrons. The molecule has 0 saturated carbocycles. The Morgan fingerprint density at radius 2 is 2.00 bits per heavy atom. The number of carbonyl (C=O) groups excluding carboxylic acids is 1. The number of ketones is 1. The van der Waals surface area contributed by atoms with Crippen LogP contribution in [0.1, 0.15) is 10.4 Å². The molecule has 2 N–H and O–H groups in total. The molecule has 0 heterocycles. The van der Waals surface area contributed by atoms with E-state index in [0.29, 0.717) is 0 Å². The third kappa shape index (κ3) is 2.05. The van der Waals surface area contributed by atoms with Gasteiger partial charge in [0.2, 0.25) is 0 Å². The van der Waals surface area contributed by atoms with Crippen LogP contribution in [0, 0.1) is 5.82 Å². The number of Topliss-reactive ketones (excluding diaryl/α,β-unsaturated/α-hetero) is 1. The van der Waals surface area contributed by atoms with Gasteiger partial charge in [-0.2, -0.15) is 8.78 Å². The first kappa shape index (κ1) is 11.0. The van der Waals surface area contributed by atoms with E-state index in [2.05, 4.69) is 5.73 Å². The molecule has 0 aliphatic carbocycles. The van der Waals surface area contributed by atoms with Crippen molar-refractivity contribution >= 4 is 17.4 Å². The highest BCUT2D eigenvalue weighted by molar-refractivity contribution is 6.31. The highest BCUT2D eigenvalue weighted by Gasteiger charge is 2.36. The van der Waals surface area contributed by atoms with Crippen LogP contribution >= 0.6 is 11.6 Å². The van der Waals surface area contributed by atoms with Crippen molar-refractivity contribution in [2.45, 2.75) is 6.05 Å². The minimum Gasteiger partial charge on any atom is -0.286 e. The SMILES string of the molecule is NC(F)(F)C(=O)c1cccc(Cl)c1F. The molecule has 0 saturated heterocycles. The summed E-state index contributed by atoms with van der Waals surface area (Å²) in [6.45, 7) is 0. The van der Waals surface area contributed by atoms with Gasteiger partial charge in [0.05, 0.1) is 10.6 Å². The first-order valence-electron chi connectivity index (χ1n) is 3.49. The van der Waals surface area contributed by atoms with Crippen molar-refractivity contribution in [1.29, 1.82) is 0 Å². The summed E-state index contributed by atoms with van der Waals surface area (Å²) in [4.78, 5) is 10.9. The Labute approximate surface area is 82.5 Å². The summed E-state index contributed by atoms with van der Waals surface area (Å²) in [7, 11) is 0. The third-order valence-corrected chi connectivity index (χ3v) is 1.79. The molecule has 1 rings (SSSR count). The van der Waals surface area contributed by atoms with Crippen molar-refractivity contribution in [1.82, 2.24) is 0 Å². The van der Waals surface area contributed by atoms with Gasteiger partial charge < -0.3 is 0 Å². The number of rotatable bonds is 2. The molecule has 0 spiro atoms. The van der Waals surface area contributed by atoms with E-state index in [4.69, 9.17) is 11.6 Å². The van der Waals surface area contributed by atoms with Gasteiger partial charge in [-0.15, -0.1) is 0 Å². The number of nitrogens with two attached hydrogens (primary N) is 1. The van der Waals surface area contributed by atoms with E-state index >= 15 is 0 Å². The van der Waals surface area contributed by atoms with Gasteiger partial charge in [-0.3, -0.25) is 10.5 Å². The normalized spacial score (nSPS) is 11.5. The Morgan fingerprint density at radius 1 is 1.43 bits per heavy atom. The van der Waals surface area contributed by atoms with Gasteiger partial charge in [0.1, 0.15) is 0 Å². The monoisotopic (exact) mass is 223 g/mol. The van der Waals surface area contributed by atoms with Crippen LogP contribution in [0.15, 0.2) is 18.2 Å². The molecular weight excluding hydrogens is 219 g/mol. The maximum atomic E-state index is 13.0. The van der Waals surface area contributed by atoms with E-state index in [1.165, 1.54) is 6.07 Å². The van der Waals surface area contributed by atoms with Crippen LogP contribution in [-0.2, 0) is 0 Å². The summed E-state index contributed by atoms with van der Waals surface area (Å²) < 4.78 is 37.7. The summed E-state index contributed by atoms with van der Waals surface area (Å²) in [5.74, 6) is -2.98. The van der Waals surface area contributed by atoms with Crippen molar-refractivity contribution in [2.24, 2.45) is 5.73 Å². The molecule has 1 aromatic rings. The van der Waals surface area contributed by atoms with Gasteiger partial charge in [0.15, 0.2) is 5.82 Å². The number of halogens is 4. The summed E-state index contributed by atoms with van der Waals surface area (Å²) in [6, 6.07) is -0.872. The highest BCUT2D eigenvalue weighted by atomic mass is 35.5. The van der Waals surface area contributed by atoms with Gasteiger partial charge in [0, 0.05) is 0 Å². The minimum absolute atomic E-state index is 0.403. The molecule has 0 fully saturated rings. The van der Waals surface area contributed by atoms with E-state index in [1.807, 2.05) is 0 Å². The molecular formula is C8H5ClF3NO. The van der Waals surface area contributed by atoms with Gasteiger partial charge in [-0.05, 0) is 12.1 Å². The first-order valence-corrected chi connectivity index (χ1v) is 3.87. The van der Waals surface area contributed by atoms with Crippen LogP contribution in [-0.4, -0.2) is 11.8 Å². The molecule has 0 aliphatic heterocycles. The van der Waals surface area contributed by atoms with Crippen LogP contribution in [0.2, 0.25) is 5.02 Å². The largest absolute Gasteiger partial charge is 0.364 e. The van der Waals surface area contributed by atoms with Gasteiger partial charge in [0.25, 0.3) is 5.78 Å². The first-order chi connectivity index (χ1) is 6.34. The van der Waals surface area contributed by atoms with Crippen LogP contribution in [0.3, 0.4) is 0 Å². The van der Waals surface area contributed by atoms with Gasteiger partial charge >= 0.3 is 6.05 Å². The molecule has 6 heteroatoms. The fourth-order valence-electron chi connectivity index (χ4n) is 0.859. The second-order valence-electron chi connectivity index (χ2n) is 2.55. The summed E-state index contributed by atoms with van der Waals surface area (Å²) in [6.07, 6.45) is 0. The fourth-order valence-corrected chi connectivity index (χ4v) is 1.03. The quantitative estimate of drug-likeness (QED) is 0.617. The molecule has 0 amide bonds. The molecule has 14 heavy (non-hydrogen) atoms. The second kappa shape index (κ2) is 3.59. The zero-order valence-electron chi connectivity index (χ0n) is 6.73. The van der Waals surface area contributed by atoms with Crippen molar-refractivity contribution in [2.75, 3.05) is 0 Å².